The molecule has 1 saturated heterocycles. The van der Waals surface area contributed by atoms with E-state index in [1.807, 2.05) is 30.3 Å². The van der Waals surface area contributed by atoms with Crippen LogP contribution < -0.4 is 0 Å². The summed E-state index contributed by atoms with van der Waals surface area (Å²) >= 11 is 0. The molecule has 0 atom stereocenters. The molecule has 5 rings (SSSR count). The number of hydrogen-bond donors (Lipinski definition) is 1. The number of rotatable bonds is 4. The van der Waals surface area contributed by atoms with Crippen LogP contribution in [0.1, 0.15) is 29.6 Å². The van der Waals surface area contributed by atoms with Gasteiger partial charge in [0.25, 0.3) is 0 Å². The molecule has 0 spiro atoms. The van der Waals surface area contributed by atoms with Crippen LogP contribution in [0.2, 0.25) is 0 Å². The fourth-order valence-electron chi connectivity index (χ4n) is 4.03. The SMILES string of the molecule is O=C(O)c1cc(-c2cc3ccccc3o2)nc2ccc(S(=O)(=O)N3CCCCC3)cc12. The highest BCUT2D eigenvalue weighted by atomic mass is 32.2. The van der Waals surface area contributed by atoms with Crippen molar-refractivity contribution in [2.24, 2.45) is 0 Å². The Kier molecular flexibility index (Phi) is 4.75. The lowest BCUT2D eigenvalue weighted by Gasteiger charge is -2.26. The van der Waals surface area contributed by atoms with Crippen molar-refractivity contribution < 1.29 is 22.7 Å². The third-order valence-corrected chi connectivity index (χ3v) is 7.54. The molecule has 1 aliphatic rings. The van der Waals surface area contributed by atoms with E-state index in [-0.39, 0.29) is 15.8 Å². The maximum atomic E-state index is 13.0. The Hall–Kier alpha value is -3.23. The summed E-state index contributed by atoms with van der Waals surface area (Å²) in [7, 11) is -3.68. The minimum Gasteiger partial charge on any atom is -0.478 e. The molecule has 0 aliphatic carbocycles. The first-order valence-electron chi connectivity index (χ1n) is 10.1. The molecule has 2 aromatic heterocycles. The molecular weight excluding hydrogens is 416 g/mol. The highest BCUT2D eigenvalue weighted by Gasteiger charge is 2.27. The van der Waals surface area contributed by atoms with Crippen molar-refractivity contribution in [2.45, 2.75) is 24.2 Å². The number of carbonyl (C=O) groups is 1. The number of benzene rings is 2. The van der Waals surface area contributed by atoms with Gasteiger partial charge in [-0.25, -0.2) is 18.2 Å². The largest absolute Gasteiger partial charge is 0.478 e. The minimum absolute atomic E-state index is 0.0175. The number of furan rings is 1. The highest BCUT2D eigenvalue weighted by Crippen LogP contribution is 2.31. The van der Waals surface area contributed by atoms with Gasteiger partial charge >= 0.3 is 5.97 Å². The zero-order valence-corrected chi connectivity index (χ0v) is 17.4. The Morgan fingerprint density at radius 2 is 1.77 bits per heavy atom. The molecule has 31 heavy (non-hydrogen) atoms. The van der Waals surface area contributed by atoms with Gasteiger partial charge in [0.1, 0.15) is 11.3 Å². The Bertz CT molecular complexity index is 1390. The number of para-hydroxylation sites is 1. The average molecular weight is 436 g/mol. The number of nitrogens with zero attached hydrogens (tertiary/aromatic N) is 2. The van der Waals surface area contributed by atoms with Crippen LogP contribution in [-0.4, -0.2) is 41.9 Å². The first-order chi connectivity index (χ1) is 14.9. The third kappa shape index (κ3) is 3.47. The van der Waals surface area contributed by atoms with Crippen molar-refractivity contribution in [3.05, 3.63) is 60.2 Å². The number of sulfonamides is 1. The smallest absolute Gasteiger partial charge is 0.336 e. The maximum absolute atomic E-state index is 13.0. The van der Waals surface area contributed by atoms with Crippen LogP contribution in [0.5, 0.6) is 0 Å². The van der Waals surface area contributed by atoms with Crippen molar-refractivity contribution in [1.82, 2.24) is 9.29 Å². The molecule has 0 amide bonds. The van der Waals surface area contributed by atoms with Crippen LogP contribution in [-0.2, 0) is 10.0 Å². The molecule has 1 N–H and O–H groups in total. The van der Waals surface area contributed by atoms with Gasteiger partial charge in [-0.2, -0.15) is 4.31 Å². The number of pyridine rings is 1. The summed E-state index contributed by atoms with van der Waals surface area (Å²) in [5, 5.41) is 11.0. The van der Waals surface area contributed by atoms with E-state index in [4.69, 9.17) is 4.42 Å². The van der Waals surface area contributed by atoms with Gasteiger partial charge in [0, 0.05) is 23.9 Å². The quantitative estimate of drug-likeness (QED) is 0.505. The second-order valence-corrected chi connectivity index (χ2v) is 9.59. The Morgan fingerprint density at radius 3 is 2.52 bits per heavy atom. The number of fused-ring (bicyclic) bond motifs is 2. The molecule has 158 valence electrons. The molecule has 0 unspecified atom stereocenters. The molecular formula is C23H20N2O5S. The van der Waals surface area contributed by atoms with E-state index in [1.54, 1.807) is 6.07 Å². The molecule has 2 aromatic carbocycles. The minimum atomic E-state index is -3.68. The van der Waals surface area contributed by atoms with Gasteiger partial charge in [0.2, 0.25) is 10.0 Å². The second-order valence-electron chi connectivity index (χ2n) is 7.65. The van der Waals surface area contributed by atoms with Crippen LogP contribution in [0.4, 0.5) is 0 Å². The number of carboxylic acid groups (broad SMARTS) is 1. The van der Waals surface area contributed by atoms with Gasteiger partial charge in [-0.1, -0.05) is 24.6 Å². The van der Waals surface area contributed by atoms with E-state index in [9.17, 15) is 18.3 Å². The van der Waals surface area contributed by atoms with Crippen molar-refractivity contribution in [3.63, 3.8) is 0 Å². The summed E-state index contributed by atoms with van der Waals surface area (Å²) in [4.78, 5) is 16.7. The van der Waals surface area contributed by atoms with Gasteiger partial charge in [0.15, 0.2) is 5.76 Å². The summed E-state index contributed by atoms with van der Waals surface area (Å²) in [6.07, 6.45) is 2.67. The van der Waals surface area contributed by atoms with E-state index in [2.05, 4.69) is 4.98 Å². The summed E-state index contributed by atoms with van der Waals surface area (Å²) in [6, 6.07) is 15.2. The lowest BCUT2D eigenvalue weighted by molar-refractivity contribution is 0.0699. The fraction of sp³-hybridized carbons (Fsp3) is 0.217. The molecule has 8 heteroatoms. The van der Waals surface area contributed by atoms with Gasteiger partial charge in [0.05, 0.1) is 16.0 Å². The second kappa shape index (κ2) is 7.47. The molecule has 1 fully saturated rings. The average Bonchev–Trinajstić information content (AvgIpc) is 3.23. The lowest BCUT2D eigenvalue weighted by atomic mass is 10.1. The van der Waals surface area contributed by atoms with Crippen LogP contribution >= 0.6 is 0 Å². The van der Waals surface area contributed by atoms with Gasteiger partial charge in [-0.05, 0) is 49.2 Å². The van der Waals surface area contributed by atoms with Crippen LogP contribution in [0.25, 0.3) is 33.3 Å². The Balaban J connectivity index is 1.64. The van der Waals surface area contributed by atoms with E-state index >= 15 is 0 Å². The molecule has 0 bridgehead atoms. The normalized spacial score (nSPS) is 15.5. The van der Waals surface area contributed by atoms with E-state index in [1.165, 1.54) is 22.5 Å². The fourth-order valence-corrected chi connectivity index (χ4v) is 5.57. The third-order valence-electron chi connectivity index (χ3n) is 5.64. The summed E-state index contributed by atoms with van der Waals surface area (Å²) in [5.74, 6) is -0.701. The van der Waals surface area contributed by atoms with Gasteiger partial charge < -0.3 is 9.52 Å². The van der Waals surface area contributed by atoms with Crippen LogP contribution in [0, 0.1) is 0 Å². The first-order valence-corrected chi connectivity index (χ1v) is 11.5. The number of aromatic nitrogens is 1. The monoisotopic (exact) mass is 436 g/mol. The summed E-state index contributed by atoms with van der Waals surface area (Å²) in [5.41, 5.74) is 1.44. The molecule has 0 saturated carbocycles. The van der Waals surface area contributed by atoms with E-state index in [0.717, 1.165) is 24.6 Å². The Morgan fingerprint density at radius 1 is 1.00 bits per heavy atom. The highest BCUT2D eigenvalue weighted by molar-refractivity contribution is 7.89. The molecule has 7 nitrogen and oxygen atoms in total. The maximum Gasteiger partial charge on any atom is 0.336 e. The van der Waals surface area contributed by atoms with E-state index < -0.39 is 16.0 Å². The van der Waals surface area contributed by atoms with Gasteiger partial charge in [-0.3, -0.25) is 0 Å². The van der Waals surface area contributed by atoms with Crippen LogP contribution in [0.3, 0.4) is 0 Å². The number of piperidine rings is 1. The molecule has 4 aromatic rings. The summed E-state index contributed by atoms with van der Waals surface area (Å²) in [6.45, 7) is 0.963. The molecule has 1 aliphatic heterocycles. The number of hydrogen-bond acceptors (Lipinski definition) is 5. The summed E-state index contributed by atoms with van der Waals surface area (Å²) < 4.78 is 33.4. The first kappa shape index (κ1) is 19.7. The van der Waals surface area contributed by atoms with Crippen molar-refractivity contribution in [1.29, 1.82) is 0 Å². The van der Waals surface area contributed by atoms with Crippen LogP contribution in [0.15, 0.2) is 63.9 Å². The standard InChI is InChI=1S/C23H20N2O5S/c26-23(27)18-14-20(22-12-15-6-2-3-7-21(15)30-22)24-19-9-8-16(13-17(18)19)31(28,29)25-10-4-1-5-11-25/h2-3,6-9,12-14H,1,4-5,10-11H2,(H,26,27). The van der Waals surface area contributed by atoms with Crippen molar-refractivity contribution in [2.75, 3.05) is 13.1 Å². The Labute approximate surface area is 179 Å². The van der Waals surface area contributed by atoms with Crippen molar-refractivity contribution in [3.8, 4) is 11.5 Å². The van der Waals surface area contributed by atoms with E-state index in [0.29, 0.717) is 35.6 Å². The predicted molar refractivity (Wildman–Crippen MR) is 117 cm³/mol. The zero-order valence-electron chi connectivity index (χ0n) is 16.6. The topological polar surface area (TPSA) is 101 Å². The number of carboxylic acids is 1. The lowest BCUT2D eigenvalue weighted by Crippen LogP contribution is -2.35. The molecule has 0 radical (unpaired) electrons. The molecule has 3 heterocycles. The van der Waals surface area contributed by atoms with Crippen molar-refractivity contribution >= 4 is 37.9 Å². The van der Waals surface area contributed by atoms with Gasteiger partial charge in [-0.15, -0.1) is 0 Å². The predicted octanol–water partition coefficient (Wildman–Crippen LogP) is 4.52. The number of aromatic carboxylic acids is 1. The zero-order chi connectivity index (χ0) is 21.6.